The van der Waals surface area contributed by atoms with Gasteiger partial charge in [-0.1, -0.05) is 0 Å². The molecule has 1 saturated carbocycles. The highest BCUT2D eigenvalue weighted by molar-refractivity contribution is 5.05. The number of nitrogens with zero attached hydrogens (tertiary/aromatic N) is 1. The predicted octanol–water partition coefficient (Wildman–Crippen LogP) is 0.366. The molecule has 1 unspecified atom stereocenters. The first kappa shape index (κ1) is 11.2. The van der Waals surface area contributed by atoms with E-state index in [1.54, 1.807) is 0 Å². The molecule has 15 heavy (non-hydrogen) atoms. The van der Waals surface area contributed by atoms with E-state index in [4.69, 9.17) is 5.11 Å². The van der Waals surface area contributed by atoms with Crippen molar-refractivity contribution >= 4 is 0 Å². The predicted molar refractivity (Wildman–Crippen MR) is 46.2 cm³/mol. The van der Waals surface area contributed by atoms with Crippen LogP contribution < -0.4 is 0 Å². The van der Waals surface area contributed by atoms with Crippen molar-refractivity contribution in [2.45, 2.75) is 30.7 Å². The molecule has 88 valence electrons. The zero-order valence-corrected chi connectivity index (χ0v) is 8.17. The number of aliphatic hydroxyl groups is 2. The molecule has 0 amide bonds. The molecule has 2 N–H and O–H groups in total. The minimum atomic E-state index is -4.56. The monoisotopic (exact) mass is 225 g/mol. The third kappa shape index (κ3) is 2.26. The summed E-state index contributed by atoms with van der Waals surface area (Å²) < 4.78 is 36.0. The second-order valence-electron chi connectivity index (χ2n) is 4.60. The Morgan fingerprint density at radius 3 is 2.27 bits per heavy atom. The molecule has 1 aliphatic heterocycles. The van der Waals surface area contributed by atoms with Crippen LogP contribution in [-0.2, 0) is 0 Å². The smallest absolute Gasteiger partial charge is 0.387 e. The van der Waals surface area contributed by atoms with Crippen LogP contribution in [0.2, 0.25) is 0 Å². The lowest BCUT2D eigenvalue weighted by molar-refractivity contribution is -0.220. The second-order valence-corrected chi connectivity index (χ2v) is 4.60. The lowest BCUT2D eigenvalue weighted by Crippen LogP contribution is -2.65. The van der Waals surface area contributed by atoms with Gasteiger partial charge in [0.15, 0.2) is 6.10 Å². The lowest BCUT2D eigenvalue weighted by atomic mass is 9.88. The summed E-state index contributed by atoms with van der Waals surface area (Å²) in [4.78, 5) is 1.44. The van der Waals surface area contributed by atoms with Crippen LogP contribution in [-0.4, -0.2) is 52.6 Å². The van der Waals surface area contributed by atoms with Gasteiger partial charge in [-0.15, -0.1) is 0 Å². The van der Waals surface area contributed by atoms with Crippen molar-refractivity contribution in [1.29, 1.82) is 0 Å². The van der Waals surface area contributed by atoms with E-state index in [0.717, 1.165) is 12.8 Å². The number of alkyl halides is 3. The van der Waals surface area contributed by atoms with Gasteiger partial charge in [0.05, 0.1) is 5.60 Å². The summed E-state index contributed by atoms with van der Waals surface area (Å²) in [6.45, 7) is 0.0775. The van der Waals surface area contributed by atoms with Gasteiger partial charge in [-0.25, -0.2) is 0 Å². The molecule has 3 nitrogen and oxygen atoms in total. The van der Waals surface area contributed by atoms with E-state index in [9.17, 15) is 18.3 Å². The molecule has 2 rings (SSSR count). The van der Waals surface area contributed by atoms with Gasteiger partial charge in [-0.3, -0.25) is 4.90 Å². The summed E-state index contributed by atoms with van der Waals surface area (Å²) in [6, 6.07) is 0. The number of hydrogen-bond acceptors (Lipinski definition) is 3. The number of rotatable bonds is 3. The Hall–Kier alpha value is -0.330. The fraction of sp³-hybridized carbons (Fsp3) is 1.00. The van der Waals surface area contributed by atoms with E-state index in [1.165, 1.54) is 4.90 Å². The molecule has 6 heteroatoms. The molecule has 1 atom stereocenters. The van der Waals surface area contributed by atoms with Crippen LogP contribution in [0.25, 0.3) is 0 Å². The molecular weight excluding hydrogens is 211 g/mol. The van der Waals surface area contributed by atoms with E-state index in [2.05, 4.69) is 0 Å². The maximum atomic E-state index is 12.0. The van der Waals surface area contributed by atoms with Crippen LogP contribution in [0.1, 0.15) is 12.8 Å². The summed E-state index contributed by atoms with van der Waals surface area (Å²) in [7, 11) is 0. The first-order valence-corrected chi connectivity index (χ1v) is 5.01. The third-order valence-electron chi connectivity index (χ3n) is 3.14. The Balaban J connectivity index is 1.75. The quantitative estimate of drug-likeness (QED) is 0.729. The van der Waals surface area contributed by atoms with Gasteiger partial charge in [0, 0.05) is 19.6 Å². The fourth-order valence-corrected chi connectivity index (χ4v) is 2.08. The third-order valence-corrected chi connectivity index (χ3v) is 3.14. The Labute approximate surface area is 85.5 Å². The molecule has 1 saturated heterocycles. The number of halogens is 3. The van der Waals surface area contributed by atoms with Crippen molar-refractivity contribution in [1.82, 2.24) is 4.90 Å². The van der Waals surface area contributed by atoms with Crippen molar-refractivity contribution in [2.75, 3.05) is 19.6 Å². The van der Waals surface area contributed by atoms with Gasteiger partial charge in [0.2, 0.25) is 0 Å². The second kappa shape index (κ2) is 3.33. The molecule has 1 heterocycles. The molecule has 0 aromatic carbocycles. The van der Waals surface area contributed by atoms with Crippen molar-refractivity contribution in [3.8, 4) is 0 Å². The fourth-order valence-electron chi connectivity index (χ4n) is 2.08. The summed E-state index contributed by atoms with van der Waals surface area (Å²) in [5.41, 5.74) is -0.786. The van der Waals surface area contributed by atoms with Crippen LogP contribution in [0.4, 0.5) is 13.2 Å². The van der Waals surface area contributed by atoms with E-state index >= 15 is 0 Å². The maximum Gasteiger partial charge on any atom is 0.415 e. The minimum absolute atomic E-state index is 0.255. The molecule has 0 spiro atoms. The summed E-state index contributed by atoms with van der Waals surface area (Å²) >= 11 is 0. The molecule has 0 aromatic heterocycles. The summed E-state index contributed by atoms with van der Waals surface area (Å²) in [5.74, 6) is 0.261. The average molecular weight is 225 g/mol. The number of β-amino-alcohol motifs (C(OH)–C–C–N with tert-alkyl or cyclic N) is 2. The largest absolute Gasteiger partial charge is 0.415 e. The molecule has 0 bridgehead atoms. The van der Waals surface area contributed by atoms with E-state index in [0.29, 0.717) is 0 Å². The van der Waals surface area contributed by atoms with E-state index in [1.807, 2.05) is 0 Å². The van der Waals surface area contributed by atoms with Crippen LogP contribution in [0.15, 0.2) is 0 Å². The van der Waals surface area contributed by atoms with E-state index in [-0.39, 0.29) is 19.0 Å². The Kier molecular flexibility index (Phi) is 2.48. The molecule has 0 radical (unpaired) electrons. The van der Waals surface area contributed by atoms with Gasteiger partial charge in [0.1, 0.15) is 0 Å². The van der Waals surface area contributed by atoms with Crippen molar-refractivity contribution in [2.24, 2.45) is 5.92 Å². The molecule has 1 aliphatic carbocycles. The average Bonchev–Trinajstić information content (AvgIpc) is 2.80. The van der Waals surface area contributed by atoms with Crippen molar-refractivity contribution < 1.29 is 23.4 Å². The highest BCUT2D eigenvalue weighted by Crippen LogP contribution is 2.44. The summed E-state index contributed by atoms with van der Waals surface area (Å²) in [6.07, 6.45) is -4.94. The Morgan fingerprint density at radius 2 is 1.87 bits per heavy atom. The zero-order chi connectivity index (χ0) is 11.3. The minimum Gasteiger partial charge on any atom is -0.387 e. The van der Waals surface area contributed by atoms with Crippen LogP contribution in [0.5, 0.6) is 0 Å². The molecule has 2 aliphatic rings. The Morgan fingerprint density at radius 1 is 1.33 bits per heavy atom. The van der Waals surface area contributed by atoms with Gasteiger partial charge in [-0.05, 0) is 18.8 Å². The van der Waals surface area contributed by atoms with Gasteiger partial charge < -0.3 is 10.2 Å². The molecule has 0 aromatic rings. The number of hydrogen-bond donors (Lipinski definition) is 2. The van der Waals surface area contributed by atoms with Crippen molar-refractivity contribution in [3.63, 3.8) is 0 Å². The Bertz CT molecular complexity index is 246. The molecule has 2 fully saturated rings. The SMILES string of the molecule is OC(CN1CC(O)(C2CC2)C1)C(F)(F)F. The maximum absolute atomic E-state index is 12.0. The highest BCUT2D eigenvalue weighted by atomic mass is 19.4. The standard InChI is InChI=1S/C9H14F3NO2/c10-9(11,12)7(14)3-13-4-8(15,5-13)6-1-2-6/h6-7,14-15H,1-5H2. The van der Waals surface area contributed by atoms with Gasteiger partial charge >= 0.3 is 6.18 Å². The number of aliphatic hydroxyl groups excluding tert-OH is 1. The van der Waals surface area contributed by atoms with Crippen LogP contribution in [0, 0.1) is 5.92 Å². The highest BCUT2D eigenvalue weighted by Gasteiger charge is 2.53. The summed E-state index contributed by atoms with van der Waals surface area (Å²) in [5, 5.41) is 18.6. The normalized spacial score (nSPS) is 28.6. The lowest BCUT2D eigenvalue weighted by Gasteiger charge is -2.47. The van der Waals surface area contributed by atoms with Crippen LogP contribution in [0.3, 0.4) is 0 Å². The van der Waals surface area contributed by atoms with Crippen molar-refractivity contribution in [3.05, 3.63) is 0 Å². The zero-order valence-electron chi connectivity index (χ0n) is 8.17. The van der Waals surface area contributed by atoms with Gasteiger partial charge in [-0.2, -0.15) is 13.2 Å². The first-order chi connectivity index (χ1) is 6.81. The van der Waals surface area contributed by atoms with Crippen LogP contribution >= 0.6 is 0 Å². The first-order valence-electron chi connectivity index (χ1n) is 5.01. The topological polar surface area (TPSA) is 43.7 Å². The van der Waals surface area contributed by atoms with E-state index < -0.39 is 24.4 Å². The van der Waals surface area contributed by atoms with Gasteiger partial charge in [0.25, 0.3) is 0 Å². The molecular formula is C9H14F3NO2. The number of likely N-dealkylation sites (tertiary alicyclic amines) is 1.